The third-order valence-corrected chi connectivity index (χ3v) is 5.39. The Morgan fingerprint density at radius 2 is 1.97 bits per heavy atom. The molecule has 1 atom stereocenters. The van der Waals surface area contributed by atoms with Crippen LogP contribution in [0.1, 0.15) is 40.7 Å². The minimum Gasteiger partial charge on any atom is -0.465 e. The van der Waals surface area contributed by atoms with E-state index in [0.717, 1.165) is 24.9 Å². The number of rotatable bonds is 9. The van der Waals surface area contributed by atoms with E-state index in [4.69, 9.17) is 4.74 Å². The van der Waals surface area contributed by atoms with Crippen LogP contribution in [-0.4, -0.2) is 43.0 Å². The first-order chi connectivity index (χ1) is 14.1. The highest BCUT2D eigenvalue weighted by Crippen LogP contribution is 2.22. The first-order valence-electron chi connectivity index (χ1n) is 9.99. The lowest BCUT2D eigenvalue weighted by Crippen LogP contribution is -2.36. The number of ether oxygens (including phenoxy) is 1. The van der Waals surface area contributed by atoms with Crippen molar-refractivity contribution in [2.45, 2.75) is 38.3 Å². The number of nitrogens with zero attached hydrogens (tertiary/aromatic N) is 1. The molecule has 2 aromatic carbocycles. The number of carbonyl (C=O) groups is 2. The predicted molar refractivity (Wildman–Crippen MR) is 109 cm³/mol. The highest BCUT2D eigenvalue weighted by Gasteiger charge is 2.30. The Hall–Kier alpha value is -2.73. The monoisotopic (exact) mass is 398 g/mol. The molecule has 0 saturated carbocycles. The summed E-state index contributed by atoms with van der Waals surface area (Å²) in [5.41, 5.74) is 2.27. The van der Waals surface area contributed by atoms with Crippen LogP contribution in [-0.2, 0) is 22.5 Å². The Kier molecular flexibility index (Phi) is 7.36. The van der Waals surface area contributed by atoms with Crippen molar-refractivity contribution >= 4 is 11.9 Å². The van der Waals surface area contributed by atoms with Crippen LogP contribution in [0.2, 0.25) is 0 Å². The maximum Gasteiger partial charge on any atom is 0.337 e. The van der Waals surface area contributed by atoms with Crippen LogP contribution in [0.3, 0.4) is 0 Å². The average Bonchev–Trinajstić information content (AvgIpc) is 3.10. The van der Waals surface area contributed by atoms with Gasteiger partial charge >= 0.3 is 5.97 Å². The van der Waals surface area contributed by atoms with Crippen molar-refractivity contribution in [3.8, 4) is 0 Å². The zero-order valence-corrected chi connectivity index (χ0v) is 16.7. The molecule has 154 valence electrons. The van der Waals surface area contributed by atoms with E-state index >= 15 is 0 Å². The van der Waals surface area contributed by atoms with Gasteiger partial charge in [-0.25, -0.2) is 9.18 Å². The van der Waals surface area contributed by atoms with Crippen LogP contribution < -0.4 is 5.32 Å². The number of amides is 1. The molecule has 3 rings (SSSR count). The normalized spacial score (nSPS) is 16.3. The Labute approximate surface area is 170 Å². The van der Waals surface area contributed by atoms with E-state index < -0.39 is 0 Å². The summed E-state index contributed by atoms with van der Waals surface area (Å²) in [4.78, 5) is 25.6. The van der Waals surface area contributed by atoms with Crippen LogP contribution in [0.4, 0.5) is 4.39 Å². The molecule has 0 aliphatic carbocycles. The van der Waals surface area contributed by atoms with Crippen molar-refractivity contribution in [3.05, 3.63) is 71.0 Å². The lowest BCUT2D eigenvalue weighted by molar-refractivity contribution is -0.129. The van der Waals surface area contributed by atoms with Crippen molar-refractivity contribution in [3.63, 3.8) is 0 Å². The second kappa shape index (κ2) is 10.2. The SMILES string of the molecule is COC(=O)c1ccc(CNCCC2CCC(=O)N2CCc2ccccc2F)cc1. The molecule has 5 nitrogen and oxygen atoms in total. The van der Waals surface area contributed by atoms with Crippen LogP contribution in [0.25, 0.3) is 0 Å². The Balaban J connectivity index is 1.44. The molecule has 0 aromatic heterocycles. The molecule has 2 aromatic rings. The summed E-state index contributed by atoms with van der Waals surface area (Å²) < 4.78 is 18.5. The van der Waals surface area contributed by atoms with Gasteiger partial charge in [-0.3, -0.25) is 4.79 Å². The van der Waals surface area contributed by atoms with Crippen LogP contribution >= 0.6 is 0 Å². The summed E-state index contributed by atoms with van der Waals surface area (Å²) in [5, 5.41) is 3.40. The first kappa shape index (κ1) is 21.0. The fourth-order valence-corrected chi connectivity index (χ4v) is 3.72. The molecule has 1 fully saturated rings. The van der Waals surface area contributed by atoms with E-state index in [-0.39, 0.29) is 23.7 Å². The van der Waals surface area contributed by atoms with Crippen molar-refractivity contribution in [1.29, 1.82) is 0 Å². The third-order valence-electron chi connectivity index (χ3n) is 5.39. The number of methoxy groups -OCH3 is 1. The molecule has 0 radical (unpaired) electrons. The Morgan fingerprint density at radius 1 is 1.21 bits per heavy atom. The fourth-order valence-electron chi connectivity index (χ4n) is 3.72. The molecule has 1 saturated heterocycles. The van der Waals surface area contributed by atoms with Gasteiger partial charge in [0.15, 0.2) is 0 Å². The summed E-state index contributed by atoms with van der Waals surface area (Å²) in [6, 6.07) is 14.2. The maximum atomic E-state index is 13.8. The molecule has 0 spiro atoms. The topological polar surface area (TPSA) is 58.6 Å². The number of likely N-dealkylation sites (tertiary alicyclic amines) is 1. The van der Waals surface area contributed by atoms with Gasteiger partial charge < -0.3 is 15.0 Å². The van der Waals surface area contributed by atoms with Crippen molar-refractivity contribution in [2.75, 3.05) is 20.2 Å². The third kappa shape index (κ3) is 5.64. The number of hydrogen-bond acceptors (Lipinski definition) is 4. The van der Waals surface area contributed by atoms with Crippen LogP contribution in [0, 0.1) is 5.82 Å². The van der Waals surface area contributed by atoms with Crippen molar-refractivity contribution in [1.82, 2.24) is 10.2 Å². The number of carbonyl (C=O) groups excluding carboxylic acids is 2. The summed E-state index contributed by atoms with van der Waals surface area (Å²) >= 11 is 0. The molecule has 1 aliphatic heterocycles. The highest BCUT2D eigenvalue weighted by atomic mass is 19.1. The molecule has 1 N–H and O–H groups in total. The second-order valence-electron chi connectivity index (χ2n) is 7.27. The van der Waals surface area contributed by atoms with Gasteiger partial charge in [-0.15, -0.1) is 0 Å². The summed E-state index contributed by atoms with van der Waals surface area (Å²) in [7, 11) is 1.37. The number of hydrogen-bond donors (Lipinski definition) is 1. The van der Waals surface area contributed by atoms with Crippen LogP contribution in [0.5, 0.6) is 0 Å². The van der Waals surface area contributed by atoms with Gasteiger partial charge in [-0.1, -0.05) is 30.3 Å². The smallest absolute Gasteiger partial charge is 0.337 e. The molecular weight excluding hydrogens is 371 g/mol. The largest absolute Gasteiger partial charge is 0.465 e. The lowest BCUT2D eigenvalue weighted by Gasteiger charge is -2.25. The molecule has 1 unspecified atom stereocenters. The molecular formula is C23H27FN2O3. The standard InChI is InChI=1S/C23H27FN2O3/c1-29-23(28)19-8-6-17(7-9-19)16-25-14-12-20-10-11-22(27)26(20)15-13-18-4-2-3-5-21(18)24/h2-9,20,25H,10-16H2,1H3. The first-order valence-corrected chi connectivity index (χ1v) is 9.99. The molecule has 1 aliphatic rings. The van der Waals surface area contributed by atoms with Crippen molar-refractivity contribution in [2.24, 2.45) is 0 Å². The molecule has 29 heavy (non-hydrogen) atoms. The molecule has 6 heteroatoms. The minimum absolute atomic E-state index is 0.157. The maximum absolute atomic E-state index is 13.8. The number of benzene rings is 2. The van der Waals surface area contributed by atoms with E-state index in [9.17, 15) is 14.0 Å². The molecule has 0 bridgehead atoms. The molecule has 1 heterocycles. The second-order valence-corrected chi connectivity index (χ2v) is 7.27. The average molecular weight is 398 g/mol. The summed E-state index contributed by atoms with van der Waals surface area (Å²) in [6.45, 7) is 2.03. The molecule has 1 amide bonds. The van der Waals surface area contributed by atoms with Gasteiger partial charge in [0, 0.05) is 25.6 Å². The summed E-state index contributed by atoms with van der Waals surface area (Å²) in [5.74, 6) is -0.397. The minimum atomic E-state index is -0.342. The van der Waals surface area contributed by atoms with Gasteiger partial charge in [-0.2, -0.15) is 0 Å². The van der Waals surface area contributed by atoms with Gasteiger partial charge in [0.25, 0.3) is 0 Å². The number of halogens is 1. The highest BCUT2D eigenvalue weighted by molar-refractivity contribution is 5.89. The Bertz CT molecular complexity index is 838. The van der Waals surface area contributed by atoms with Crippen LogP contribution in [0.15, 0.2) is 48.5 Å². The number of esters is 1. The van der Waals surface area contributed by atoms with Gasteiger partial charge in [-0.05, 0) is 55.1 Å². The van der Waals surface area contributed by atoms with Crippen molar-refractivity contribution < 1.29 is 18.7 Å². The van der Waals surface area contributed by atoms with E-state index in [0.29, 0.717) is 37.1 Å². The summed E-state index contributed by atoms with van der Waals surface area (Å²) in [6.07, 6.45) is 2.82. The van der Waals surface area contributed by atoms with E-state index in [1.807, 2.05) is 23.1 Å². The van der Waals surface area contributed by atoms with E-state index in [2.05, 4.69) is 5.32 Å². The van der Waals surface area contributed by atoms with Gasteiger partial charge in [0.2, 0.25) is 5.91 Å². The number of nitrogens with one attached hydrogen (secondary N) is 1. The fraction of sp³-hybridized carbons (Fsp3) is 0.391. The van der Waals surface area contributed by atoms with E-state index in [1.165, 1.54) is 13.2 Å². The zero-order valence-electron chi connectivity index (χ0n) is 16.7. The Morgan fingerprint density at radius 3 is 2.69 bits per heavy atom. The lowest BCUT2D eigenvalue weighted by atomic mass is 10.1. The van der Waals surface area contributed by atoms with Gasteiger partial charge in [0.1, 0.15) is 5.82 Å². The zero-order chi connectivity index (χ0) is 20.6. The predicted octanol–water partition coefficient (Wildman–Crippen LogP) is 3.33. The van der Waals surface area contributed by atoms with E-state index in [1.54, 1.807) is 24.3 Å². The quantitative estimate of drug-likeness (QED) is 0.520. The van der Waals surface area contributed by atoms with Gasteiger partial charge in [0.05, 0.1) is 12.7 Å².